The third kappa shape index (κ3) is 3.52. The van der Waals surface area contributed by atoms with E-state index < -0.39 is 11.7 Å². The van der Waals surface area contributed by atoms with Gasteiger partial charge in [-0.2, -0.15) is 0 Å². The van der Waals surface area contributed by atoms with Crippen LogP contribution in [0.1, 0.15) is 11.1 Å². The summed E-state index contributed by atoms with van der Waals surface area (Å²) in [5.41, 5.74) is 1.16. The molecule has 0 aliphatic carbocycles. The number of carbonyl (C=O) groups is 2. The molecule has 122 valence electrons. The Hall–Kier alpha value is -2.11. The number of hydrogen-bond acceptors (Lipinski definition) is 3. The Morgan fingerprint density at radius 2 is 1.83 bits per heavy atom. The van der Waals surface area contributed by atoms with E-state index >= 15 is 0 Å². The van der Waals surface area contributed by atoms with Gasteiger partial charge in [-0.1, -0.05) is 48.0 Å². The highest BCUT2D eigenvalue weighted by molar-refractivity contribution is 8.18. The number of hydrogen-bond donors (Lipinski definition) is 0. The molecule has 2 amide bonds. The van der Waals surface area contributed by atoms with Crippen LogP contribution in [0.5, 0.6) is 0 Å². The maximum atomic E-state index is 13.8. The van der Waals surface area contributed by atoms with Gasteiger partial charge in [-0.25, -0.2) is 4.39 Å². The van der Waals surface area contributed by atoms with Crippen LogP contribution < -0.4 is 0 Å². The predicted molar refractivity (Wildman–Crippen MR) is 94.2 cm³/mol. The highest BCUT2D eigenvalue weighted by atomic mass is 35.5. The molecule has 0 radical (unpaired) electrons. The molecule has 0 unspecified atom stereocenters. The fourth-order valence-corrected chi connectivity index (χ4v) is 3.42. The Morgan fingerprint density at radius 3 is 2.54 bits per heavy atom. The second kappa shape index (κ2) is 7.20. The van der Waals surface area contributed by atoms with Gasteiger partial charge in [0.1, 0.15) is 5.82 Å². The highest BCUT2D eigenvalue weighted by Crippen LogP contribution is 2.34. The SMILES string of the molecule is O=C1S/C(=C\c2c(F)cccc2Cl)C(=O)N1CCc1ccccc1. The molecule has 0 aromatic heterocycles. The first-order valence-electron chi connectivity index (χ1n) is 7.29. The lowest BCUT2D eigenvalue weighted by Crippen LogP contribution is -2.30. The van der Waals surface area contributed by atoms with Crippen LogP contribution in [0.4, 0.5) is 9.18 Å². The van der Waals surface area contributed by atoms with Gasteiger partial charge in [0.25, 0.3) is 11.1 Å². The quantitative estimate of drug-likeness (QED) is 0.737. The number of halogens is 2. The smallest absolute Gasteiger partial charge is 0.268 e. The van der Waals surface area contributed by atoms with Crippen LogP contribution in [-0.2, 0) is 11.2 Å². The molecule has 2 aromatic rings. The number of amides is 2. The predicted octanol–water partition coefficient (Wildman–Crippen LogP) is 4.76. The van der Waals surface area contributed by atoms with Gasteiger partial charge in [-0.3, -0.25) is 14.5 Å². The average Bonchev–Trinajstić information content (AvgIpc) is 2.84. The molecule has 0 N–H and O–H groups in total. The van der Waals surface area contributed by atoms with E-state index in [1.54, 1.807) is 0 Å². The van der Waals surface area contributed by atoms with Crippen molar-refractivity contribution in [3.63, 3.8) is 0 Å². The summed E-state index contributed by atoms with van der Waals surface area (Å²) in [5.74, 6) is -0.946. The molecule has 3 rings (SSSR count). The normalized spacial score (nSPS) is 16.2. The number of nitrogens with zero attached hydrogens (tertiary/aromatic N) is 1. The lowest BCUT2D eigenvalue weighted by molar-refractivity contribution is -0.122. The molecule has 0 atom stereocenters. The van der Waals surface area contributed by atoms with E-state index in [0.717, 1.165) is 17.3 Å². The van der Waals surface area contributed by atoms with Gasteiger partial charge in [0.2, 0.25) is 0 Å². The monoisotopic (exact) mass is 361 g/mol. The van der Waals surface area contributed by atoms with Gasteiger partial charge in [0, 0.05) is 12.1 Å². The van der Waals surface area contributed by atoms with E-state index in [-0.39, 0.29) is 27.3 Å². The zero-order valence-corrected chi connectivity index (χ0v) is 14.1. The zero-order valence-electron chi connectivity index (χ0n) is 12.5. The Morgan fingerprint density at radius 1 is 1.08 bits per heavy atom. The molecule has 3 nitrogen and oxygen atoms in total. The van der Waals surface area contributed by atoms with Crippen molar-refractivity contribution in [2.75, 3.05) is 6.54 Å². The molecule has 0 spiro atoms. The fourth-order valence-electron chi connectivity index (χ4n) is 2.36. The second-order valence-corrected chi connectivity index (χ2v) is 6.60. The van der Waals surface area contributed by atoms with Crippen molar-refractivity contribution in [2.24, 2.45) is 0 Å². The van der Waals surface area contributed by atoms with Crippen molar-refractivity contribution in [1.82, 2.24) is 4.90 Å². The molecule has 24 heavy (non-hydrogen) atoms. The molecule has 1 saturated heterocycles. The number of carbonyl (C=O) groups excluding carboxylic acids is 2. The minimum atomic E-state index is -0.529. The highest BCUT2D eigenvalue weighted by Gasteiger charge is 2.34. The Kier molecular flexibility index (Phi) is 5.02. The molecular weight excluding hydrogens is 349 g/mol. The molecule has 1 aliphatic heterocycles. The molecule has 1 aliphatic rings. The average molecular weight is 362 g/mol. The van der Waals surface area contributed by atoms with Gasteiger partial charge >= 0.3 is 0 Å². The molecular formula is C18H13ClFNO2S. The van der Waals surface area contributed by atoms with Gasteiger partial charge in [0.05, 0.1) is 9.93 Å². The number of benzene rings is 2. The summed E-state index contributed by atoms with van der Waals surface area (Å²) in [4.78, 5) is 25.9. The van der Waals surface area contributed by atoms with Crippen LogP contribution >= 0.6 is 23.4 Å². The first-order valence-corrected chi connectivity index (χ1v) is 8.49. The summed E-state index contributed by atoms with van der Waals surface area (Å²) >= 11 is 6.77. The summed E-state index contributed by atoms with van der Waals surface area (Å²) in [6.45, 7) is 0.289. The van der Waals surface area contributed by atoms with Gasteiger partial charge in [-0.15, -0.1) is 0 Å². The molecule has 1 heterocycles. The van der Waals surface area contributed by atoms with E-state index in [1.807, 2.05) is 30.3 Å². The number of thioether (sulfide) groups is 1. The maximum Gasteiger partial charge on any atom is 0.293 e. The van der Waals surface area contributed by atoms with Crippen LogP contribution in [0, 0.1) is 5.82 Å². The van der Waals surface area contributed by atoms with Gasteiger partial charge in [0.15, 0.2) is 0 Å². The van der Waals surface area contributed by atoms with Crippen LogP contribution in [0.2, 0.25) is 5.02 Å². The molecule has 0 saturated carbocycles. The molecule has 6 heteroatoms. The van der Waals surface area contributed by atoms with E-state index in [2.05, 4.69) is 0 Å². The molecule has 1 fully saturated rings. The second-order valence-electron chi connectivity index (χ2n) is 5.20. The van der Waals surface area contributed by atoms with Crippen LogP contribution in [0.25, 0.3) is 6.08 Å². The first kappa shape index (κ1) is 16.7. The van der Waals surface area contributed by atoms with E-state index in [0.29, 0.717) is 6.42 Å². The van der Waals surface area contributed by atoms with Crippen molar-refractivity contribution in [1.29, 1.82) is 0 Å². The van der Waals surface area contributed by atoms with Gasteiger partial charge in [-0.05, 0) is 42.0 Å². The van der Waals surface area contributed by atoms with Gasteiger partial charge < -0.3 is 0 Å². The van der Waals surface area contributed by atoms with Crippen molar-refractivity contribution in [3.8, 4) is 0 Å². The molecule has 0 bridgehead atoms. The summed E-state index contributed by atoms with van der Waals surface area (Å²) in [6.07, 6.45) is 1.91. The summed E-state index contributed by atoms with van der Waals surface area (Å²) in [5, 5.41) is -0.152. The van der Waals surface area contributed by atoms with E-state index in [4.69, 9.17) is 11.6 Å². The van der Waals surface area contributed by atoms with Crippen molar-refractivity contribution < 1.29 is 14.0 Å². The standard InChI is InChI=1S/C18H13ClFNO2S/c19-14-7-4-8-15(20)13(14)11-16-17(22)21(18(23)24-16)10-9-12-5-2-1-3-6-12/h1-8,11H,9-10H2/b16-11-. The van der Waals surface area contributed by atoms with E-state index in [9.17, 15) is 14.0 Å². The summed E-state index contributed by atoms with van der Waals surface area (Å²) in [6, 6.07) is 13.9. The Labute approximate surface area is 148 Å². The maximum absolute atomic E-state index is 13.8. The topological polar surface area (TPSA) is 37.4 Å². The third-order valence-corrected chi connectivity index (χ3v) is 4.85. The third-order valence-electron chi connectivity index (χ3n) is 3.62. The lowest BCUT2D eigenvalue weighted by atomic mass is 10.1. The van der Waals surface area contributed by atoms with Crippen molar-refractivity contribution in [2.45, 2.75) is 6.42 Å². The summed E-state index contributed by atoms with van der Waals surface area (Å²) < 4.78 is 13.8. The number of imide groups is 1. The Balaban J connectivity index is 1.78. The van der Waals surface area contributed by atoms with E-state index in [1.165, 1.54) is 29.2 Å². The number of rotatable bonds is 4. The zero-order chi connectivity index (χ0) is 17.1. The van der Waals surface area contributed by atoms with Crippen LogP contribution in [0.15, 0.2) is 53.4 Å². The minimum Gasteiger partial charge on any atom is -0.268 e. The first-order chi connectivity index (χ1) is 11.6. The molecule has 2 aromatic carbocycles. The van der Waals surface area contributed by atoms with Crippen molar-refractivity contribution in [3.05, 3.63) is 75.4 Å². The fraction of sp³-hybridized carbons (Fsp3) is 0.111. The van der Waals surface area contributed by atoms with Crippen LogP contribution in [-0.4, -0.2) is 22.6 Å². The lowest BCUT2D eigenvalue weighted by Gasteiger charge is -2.12. The van der Waals surface area contributed by atoms with Crippen LogP contribution in [0.3, 0.4) is 0 Å². The Bertz CT molecular complexity index is 803. The largest absolute Gasteiger partial charge is 0.293 e. The van der Waals surface area contributed by atoms with Crippen molar-refractivity contribution >= 4 is 40.6 Å². The summed E-state index contributed by atoms with van der Waals surface area (Å²) in [7, 11) is 0. The minimum absolute atomic E-state index is 0.118.